The van der Waals surface area contributed by atoms with Crippen LogP contribution < -0.4 is 10.2 Å². The number of aryl methyl sites for hydroxylation is 1. The van der Waals surface area contributed by atoms with Gasteiger partial charge in [-0.25, -0.2) is 4.79 Å². The largest absolute Gasteiger partial charge is 0.490 e. The predicted molar refractivity (Wildman–Crippen MR) is 188 cm³/mol. The SMILES string of the molecule is Cc1ccccc1CNC(C(=O)N1C[C@@H](CN(C)C)Cc2cc(Cl)ccc21)C(C)c1c[nH]c2ccccc12.FC(F)F.O=C(O)C(F)(F)F.O=CO. The number of nitrogens with one attached hydrogen (secondary N) is 2. The summed E-state index contributed by atoms with van der Waals surface area (Å²) in [5.74, 6) is -2.37. The lowest BCUT2D eigenvalue weighted by atomic mass is 9.88. The molecule has 3 atom stereocenters. The highest BCUT2D eigenvalue weighted by atomic mass is 35.5. The molecule has 52 heavy (non-hydrogen) atoms. The monoisotopic (exact) mass is 758 g/mol. The first-order valence-electron chi connectivity index (χ1n) is 15.8. The summed E-state index contributed by atoms with van der Waals surface area (Å²) in [4.78, 5) is 39.4. The Morgan fingerprint density at radius 2 is 1.65 bits per heavy atom. The summed E-state index contributed by atoms with van der Waals surface area (Å²) in [6, 6.07) is 22.2. The number of carbonyl (C=O) groups excluding carboxylic acids is 1. The van der Waals surface area contributed by atoms with Crippen molar-refractivity contribution in [2.45, 2.75) is 51.6 Å². The zero-order valence-corrected chi connectivity index (χ0v) is 29.6. The quantitative estimate of drug-likeness (QED) is 0.107. The minimum Gasteiger partial charge on any atom is -0.483 e. The zero-order valence-electron chi connectivity index (χ0n) is 28.8. The van der Waals surface area contributed by atoms with Crippen LogP contribution in [0.3, 0.4) is 0 Å². The minimum absolute atomic E-state index is 0.0485. The number of aromatic nitrogens is 1. The Morgan fingerprint density at radius 1 is 1.08 bits per heavy atom. The fourth-order valence-electron chi connectivity index (χ4n) is 5.88. The van der Waals surface area contributed by atoms with E-state index in [0.717, 1.165) is 40.7 Å². The van der Waals surface area contributed by atoms with Crippen molar-refractivity contribution in [3.63, 3.8) is 0 Å². The van der Waals surface area contributed by atoms with Crippen LogP contribution in [0.5, 0.6) is 0 Å². The summed E-state index contributed by atoms with van der Waals surface area (Å²) in [5.41, 5.74) is 6.77. The van der Waals surface area contributed by atoms with Crippen LogP contribution in [0.25, 0.3) is 10.9 Å². The average molecular weight is 759 g/mol. The van der Waals surface area contributed by atoms with Crippen LogP contribution in [0, 0.1) is 12.8 Å². The molecule has 0 fully saturated rings. The molecule has 1 amide bonds. The number of carbonyl (C=O) groups is 3. The lowest BCUT2D eigenvalue weighted by Crippen LogP contribution is -2.52. The molecule has 16 heteroatoms. The molecule has 0 bridgehead atoms. The van der Waals surface area contributed by atoms with Gasteiger partial charge >= 0.3 is 18.8 Å². The molecule has 1 aliphatic rings. The molecule has 0 spiro atoms. The second-order valence-electron chi connectivity index (χ2n) is 12.1. The van der Waals surface area contributed by atoms with E-state index in [2.05, 4.69) is 91.8 Å². The van der Waals surface area contributed by atoms with Gasteiger partial charge in [-0.05, 0) is 79.9 Å². The average Bonchev–Trinajstić information content (AvgIpc) is 3.49. The van der Waals surface area contributed by atoms with E-state index >= 15 is 0 Å². The zero-order chi connectivity index (χ0) is 39.2. The van der Waals surface area contributed by atoms with Gasteiger partial charge < -0.3 is 30.3 Å². The maximum Gasteiger partial charge on any atom is 0.490 e. The highest BCUT2D eigenvalue weighted by Gasteiger charge is 2.38. The number of H-pyrrole nitrogens is 1. The first-order chi connectivity index (χ1) is 24.4. The van der Waals surface area contributed by atoms with Gasteiger partial charge in [0.05, 0.1) is 6.04 Å². The van der Waals surface area contributed by atoms with Crippen molar-refractivity contribution in [3.05, 3.63) is 100 Å². The molecule has 0 saturated carbocycles. The molecule has 0 saturated heterocycles. The van der Waals surface area contributed by atoms with Crippen molar-refractivity contribution in [3.8, 4) is 0 Å². The van der Waals surface area contributed by atoms with Crippen molar-refractivity contribution in [1.82, 2.24) is 15.2 Å². The van der Waals surface area contributed by atoms with Crippen molar-refractivity contribution in [2.24, 2.45) is 5.92 Å². The Kier molecular flexibility index (Phi) is 17.1. The maximum atomic E-state index is 14.6. The molecule has 1 aromatic heterocycles. The number of rotatable bonds is 8. The van der Waals surface area contributed by atoms with Crippen LogP contribution in [-0.2, 0) is 27.3 Å². The van der Waals surface area contributed by atoms with Gasteiger partial charge in [0.25, 0.3) is 6.47 Å². The van der Waals surface area contributed by atoms with Gasteiger partial charge in [0.2, 0.25) is 5.91 Å². The maximum absolute atomic E-state index is 14.6. The molecule has 3 aromatic carbocycles. The number of hydrogen-bond acceptors (Lipinski definition) is 5. The summed E-state index contributed by atoms with van der Waals surface area (Å²) in [6.07, 6.45) is -2.11. The highest BCUT2D eigenvalue weighted by molar-refractivity contribution is 6.30. The Morgan fingerprint density at radius 3 is 2.23 bits per heavy atom. The summed E-state index contributed by atoms with van der Waals surface area (Å²) >= 11 is 6.40. The van der Waals surface area contributed by atoms with E-state index in [1.54, 1.807) is 0 Å². The van der Waals surface area contributed by atoms with E-state index in [0.29, 0.717) is 24.0 Å². The summed E-state index contributed by atoms with van der Waals surface area (Å²) < 4.78 is 60.7. The Balaban J connectivity index is 0.000000572. The third kappa shape index (κ3) is 13.2. The molecule has 2 heterocycles. The second-order valence-corrected chi connectivity index (χ2v) is 12.5. The molecule has 9 nitrogen and oxygen atoms in total. The van der Waals surface area contributed by atoms with Crippen LogP contribution in [0.2, 0.25) is 5.02 Å². The van der Waals surface area contributed by atoms with Gasteiger partial charge in [-0.1, -0.05) is 61.0 Å². The third-order valence-electron chi connectivity index (χ3n) is 8.07. The van der Waals surface area contributed by atoms with Gasteiger partial charge in [0, 0.05) is 53.4 Å². The van der Waals surface area contributed by atoms with Crippen molar-refractivity contribution < 1.29 is 50.9 Å². The van der Waals surface area contributed by atoms with E-state index in [4.69, 9.17) is 31.4 Å². The number of nitrogens with zero attached hydrogens (tertiary/aromatic N) is 2. The normalized spacial score (nSPS) is 14.9. The summed E-state index contributed by atoms with van der Waals surface area (Å²) in [5, 5.41) is 19.6. The first-order valence-corrected chi connectivity index (χ1v) is 16.2. The number of amides is 1. The molecule has 2 unspecified atom stereocenters. The molecule has 284 valence electrons. The van der Waals surface area contributed by atoms with E-state index in [1.165, 1.54) is 11.1 Å². The number of para-hydroxylation sites is 1. The molecule has 1 aliphatic heterocycles. The Labute approximate surface area is 302 Å². The topological polar surface area (TPSA) is 126 Å². The lowest BCUT2D eigenvalue weighted by molar-refractivity contribution is -0.192. The Hall–Kier alpha value is -4.60. The summed E-state index contributed by atoms with van der Waals surface area (Å²) in [6.45, 7) is 2.59. The number of aromatic amines is 1. The van der Waals surface area contributed by atoms with Crippen molar-refractivity contribution in [1.29, 1.82) is 0 Å². The number of fused-ring (bicyclic) bond motifs is 2. The number of halogens is 7. The fraction of sp³-hybridized carbons (Fsp3) is 0.361. The second kappa shape index (κ2) is 20.4. The van der Waals surface area contributed by atoms with Crippen LogP contribution in [0.4, 0.5) is 32.0 Å². The van der Waals surface area contributed by atoms with Gasteiger partial charge in [-0.3, -0.25) is 9.59 Å². The van der Waals surface area contributed by atoms with Crippen LogP contribution in [-0.4, -0.2) is 84.5 Å². The van der Waals surface area contributed by atoms with Crippen molar-refractivity contribution in [2.75, 3.05) is 32.1 Å². The van der Waals surface area contributed by atoms with E-state index in [9.17, 15) is 31.1 Å². The predicted octanol–water partition coefficient (Wildman–Crippen LogP) is 7.67. The van der Waals surface area contributed by atoms with Gasteiger partial charge in [0.1, 0.15) is 0 Å². The number of aliphatic carboxylic acids is 1. The van der Waals surface area contributed by atoms with Crippen molar-refractivity contribution >= 4 is 46.5 Å². The number of carboxylic acids is 1. The van der Waals surface area contributed by atoms with Gasteiger partial charge in [-0.15, -0.1) is 0 Å². The molecule has 0 aliphatic carbocycles. The molecule has 5 rings (SSSR count). The lowest BCUT2D eigenvalue weighted by Gasteiger charge is -2.39. The van der Waals surface area contributed by atoms with E-state index < -0.39 is 24.9 Å². The number of anilines is 1. The molecular formula is C36H41ClF6N4O5. The minimum atomic E-state index is -5.08. The van der Waals surface area contributed by atoms with Crippen LogP contribution in [0.15, 0.2) is 72.9 Å². The molecule has 0 radical (unpaired) electrons. The number of hydrogen-bond donors (Lipinski definition) is 4. The smallest absolute Gasteiger partial charge is 0.483 e. The third-order valence-corrected chi connectivity index (χ3v) is 8.30. The fourth-order valence-corrected chi connectivity index (χ4v) is 6.08. The molecular weight excluding hydrogens is 718 g/mol. The molecule has 4 N–H and O–H groups in total. The molecule has 4 aromatic rings. The van der Waals surface area contributed by atoms with E-state index in [-0.39, 0.29) is 18.3 Å². The number of alkyl halides is 6. The standard InChI is InChI=1S/C32H37ClN4O.C2HF3O2.CHF3.CH2O2/c1-21-9-5-6-10-24(21)17-35-31(22(2)28-18-34-29-12-8-7-11-27(28)29)32(38)37-20-23(19-36(3)4)15-25-16-26(33)13-14-30(25)37;3-2(4,5)1(6)7;2-1(3)4;2-1-3/h5-14,16,18,22-23,31,34-35H,15,17,19-20H2,1-4H3;(H,6,7);1H;1H,(H,2,3)/t22?,23-,31?;;;/m1.../s1. The van der Waals surface area contributed by atoms with E-state index in [1.807, 2.05) is 29.2 Å². The Bertz CT molecular complexity index is 1750. The first kappa shape index (κ1) is 43.6. The van der Waals surface area contributed by atoms with Crippen LogP contribution in [0.1, 0.15) is 35.1 Å². The highest BCUT2D eigenvalue weighted by Crippen LogP contribution is 2.35. The summed E-state index contributed by atoms with van der Waals surface area (Å²) in [7, 11) is 4.18. The van der Waals surface area contributed by atoms with Gasteiger partial charge in [0.15, 0.2) is 0 Å². The van der Waals surface area contributed by atoms with Gasteiger partial charge in [-0.2, -0.15) is 26.3 Å². The van der Waals surface area contributed by atoms with Crippen LogP contribution >= 0.6 is 11.6 Å². The number of carboxylic acid groups (broad SMARTS) is 2. The number of benzene rings is 3.